The lowest BCUT2D eigenvalue weighted by Crippen LogP contribution is -2.50. The molecular formula is C16H26IN3O. The quantitative estimate of drug-likeness (QED) is 0.403. The van der Waals surface area contributed by atoms with Crippen LogP contribution in [0.5, 0.6) is 0 Å². The average molecular weight is 403 g/mol. The maximum Gasteiger partial charge on any atom is 0.191 e. The first-order valence-electron chi connectivity index (χ1n) is 7.41. The highest BCUT2D eigenvalue weighted by atomic mass is 127. The van der Waals surface area contributed by atoms with Gasteiger partial charge in [0.25, 0.3) is 0 Å². The Hall–Kier alpha value is -0.820. The van der Waals surface area contributed by atoms with Crippen molar-refractivity contribution in [1.82, 2.24) is 10.6 Å². The van der Waals surface area contributed by atoms with Crippen LogP contribution < -0.4 is 10.6 Å². The van der Waals surface area contributed by atoms with Gasteiger partial charge >= 0.3 is 0 Å². The van der Waals surface area contributed by atoms with Gasteiger partial charge in [0, 0.05) is 13.1 Å². The van der Waals surface area contributed by atoms with Gasteiger partial charge in [0.05, 0.1) is 12.1 Å². The maximum absolute atomic E-state index is 10.1. The van der Waals surface area contributed by atoms with E-state index in [-0.39, 0.29) is 24.0 Å². The van der Waals surface area contributed by atoms with E-state index < -0.39 is 5.60 Å². The number of hydrogen-bond donors (Lipinski definition) is 3. The van der Waals surface area contributed by atoms with Gasteiger partial charge in [-0.15, -0.1) is 24.0 Å². The van der Waals surface area contributed by atoms with Crippen molar-refractivity contribution < 1.29 is 5.11 Å². The lowest BCUT2D eigenvalue weighted by Gasteiger charge is -2.37. The van der Waals surface area contributed by atoms with Gasteiger partial charge in [-0.05, 0) is 38.7 Å². The first-order valence-corrected chi connectivity index (χ1v) is 7.41. The topological polar surface area (TPSA) is 56.7 Å². The summed E-state index contributed by atoms with van der Waals surface area (Å²) in [5, 5.41) is 16.6. The summed E-state index contributed by atoms with van der Waals surface area (Å²) >= 11 is 0. The fraction of sp³-hybridized carbons (Fsp3) is 0.562. The lowest BCUT2D eigenvalue weighted by molar-refractivity contribution is -0.0279. The van der Waals surface area contributed by atoms with Crippen LogP contribution in [0.3, 0.4) is 0 Å². The van der Waals surface area contributed by atoms with Gasteiger partial charge in [-0.25, -0.2) is 4.99 Å². The molecule has 0 saturated heterocycles. The number of aliphatic imine (C=N–C) groups is 1. The normalized spacial score (nSPS) is 16.6. The molecule has 0 aromatic heterocycles. The monoisotopic (exact) mass is 403 g/mol. The Morgan fingerprint density at radius 1 is 1.33 bits per heavy atom. The molecule has 5 heteroatoms. The zero-order valence-electron chi connectivity index (χ0n) is 12.9. The minimum Gasteiger partial charge on any atom is -0.388 e. The summed E-state index contributed by atoms with van der Waals surface area (Å²) in [5.41, 5.74) is 1.92. The largest absolute Gasteiger partial charge is 0.388 e. The van der Waals surface area contributed by atoms with E-state index in [1.807, 2.05) is 6.92 Å². The molecule has 1 aliphatic rings. The molecule has 0 amide bonds. The Morgan fingerprint density at radius 2 is 2.10 bits per heavy atom. The van der Waals surface area contributed by atoms with Crippen molar-refractivity contribution in [3.63, 3.8) is 0 Å². The number of guanidine groups is 1. The first kappa shape index (κ1) is 18.2. The number of aliphatic hydroxyl groups is 1. The van der Waals surface area contributed by atoms with Crippen molar-refractivity contribution in [2.45, 2.75) is 45.3 Å². The zero-order valence-corrected chi connectivity index (χ0v) is 15.2. The van der Waals surface area contributed by atoms with E-state index in [4.69, 9.17) is 0 Å². The second-order valence-corrected chi connectivity index (χ2v) is 5.62. The van der Waals surface area contributed by atoms with E-state index >= 15 is 0 Å². The summed E-state index contributed by atoms with van der Waals surface area (Å²) in [4.78, 5) is 4.57. The highest BCUT2D eigenvalue weighted by Gasteiger charge is 2.34. The third-order valence-corrected chi connectivity index (χ3v) is 3.72. The van der Waals surface area contributed by atoms with Crippen LogP contribution in [-0.4, -0.2) is 29.8 Å². The molecule has 0 bridgehead atoms. The molecule has 118 valence electrons. The van der Waals surface area contributed by atoms with E-state index in [0.29, 0.717) is 13.1 Å². The second kappa shape index (κ2) is 8.58. The Morgan fingerprint density at radius 3 is 2.67 bits per heavy atom. The van der Waals surface area contributed by atoms with Gasteiger partial charge in [-0.2, -0.15) is 0 Å². The van der Waals surface area contributed by atoms with Crippen molar-refractivity contribution >= 4 is 29.9 Å². The average Bonchev–Trinajstić information content (AvgIpc) is 2.40. The summed E-state index contributed by atoms with van der Waals surface area (Å²) in [7, 11) is 0. The first-order chi connectivity index (χ1) is 9.61. The number of nitrogens with zero attached hydrogens (tertiary/aromatic N) is 1. The SMILES string of the molecule is CCNC(=NCc1cccc(C)c1)NCC1(O)CCC1.I. The molecule has 0 heterocycles. The molecule has 0 radical (unpaired) electrons. The Balaban J connectivity index is 0.00000220. The van der Waals surface area contributed by atoms with Crippen LogP contribution in [0.4, 0.5) is 0 Å². The summed E-state index contributed by atoms with van der Waals surface area (Å²) in [6.45, 7) is 6.17. The van der Waals surface area contributed by atoms with Gasteiger partial charge in [-0.3, -0.25) is 0 Å². The zero-order chi connectivity index (χ0) is 14.4. The van der Waals surface area contributed by atoms with Gasteiger partial charge in [0.1, 0.15) is 0 Å². The molecule has 21 heavy (non-hydrogen) atoms. The fourth-order valence-electron chi connectivity index (χ4n) is 2.33. The number of nitrogens with one attached hydrogen (secondary N) is 2. The highest BCUT2D eigenvalue weighted by Crippen LogP contribution is 2.30. The van der Waals surface area contributed by atoms with Crippen LogP contribution in [-0.2, 0) is 6.54 Å². The van der Waals surface area contributed by atoms with Gasteiger partial charge < -0.3 is 15.7 Å². The molecule has 4 nitrogen and oxygen atoms in total. The maximum atomic E-state index is 10.1. The molecule has 0 atom stereocenters. The van der Waals surface area contributed by atoms with Crippen LogP contribution >= 0.6 is 24.0 Å². The smallest absolute Gasteiger partial charge is 0.191 e. The minimum atomic E-state index is -0.528. The van der Waals surface area contributed by atoms with E-state index in [9.17, 15) is 5.11 Å². The highest BCUT2D eigenvalue weighted by molar-refractivity contribution is 14.0. The predicted molar refractivity (Wildman–Crippen MR) is 98.2 cm³/mol. The van der Waals surface area contributed by atoms with Gasteiger partial charge in [0.15, 0.2) is 5.96 Å². The van der Waals surface area contributed by atoms with Crippen molar-refractivity contribution in [3.8, 4) is 0 Å². The standard InChI is InChI=1S/C16H25N3O.HI/c1-3-17-15(19-12-16(20)8-5-9-16)18-11-14-7-4-6-13(2)10-14;/h4,6-7,10,20H,3,5,8-9,11-12H2,1-2H3,(H2,17,18,19);1H. The molecule has 2 rings (SSSR count). The molecule has 1 saturated carbocycles. The molecule has 1 aromatic rings. The molecule has 0 unspecified atom stereocenters. The Kier molecular flexibility index (Phi) is 7.45. The van der Waals surface area contributed by atoms with E-state index in [1.165, 1.54) is 11.1 Å². The van der Waals surface area contributed by atoms with E-state index in [1.54, 1.807) is 0 Å². The molecule has 3 N–H and O–H groups in total. The molecule has 1 aliphatic carbocycles. The third kappa shape index (κ3) is 5.82. The van der Waals surface area contributed by atoms with Crippen LogP contribution in [0.25, 0.3) is 0 Å². The van der Waals surface area contributed by atoms with Crippen LogP contribution in [0.1, 0.15) is 37.3 Å². The van der Waals surface area contributed by atoms with Gasteiger partial charge in [0.2, 0.25) is 0 Å². The molecule has 0 spiro atoms. The summed E-state index contributed by atoms with van der Waals surface area (Å²) in [6, 6.07) is 8.37. The molecular weight excluding hydrogens is 377 g/mol. The van der Waals surface area contributed by atoms with Crippen molar-refractivity contribution in [2.75, 3.05) is 13.1 Å². The Labute approximate surface area is 144 Å². The van der Waals surface area contributed by atoms with Crippen molar-refractivity contribution in [2.24, 2.45) is 4.99 Å². The van der Waals surface area contributed by atoms with E-state index in [2.05, 4.69) is 46.8 Å². The number of aryl methyl sites for hydroxylation is 1. The van der Waals surface area contributed by atoms with Crippen LogP contribution in [0, 0.1) is 6.92 Å². The van der Waals surface area contributed by atoms with Gasteiger partial charge in [-0.1, -0.05) is 29.8 Å². The number of halogens is 1. The molecule has 0 aliphatic heterocycles. The van der Waals surface area contributed by atoms with E-state index in [0.717, 1.165) is 31.8 Å². The summed E-state index contributed by atoms with van der Waals surface area (Å²) in [5.74, 6) is 0.773. The fourth-order valence-corrected chi connectivity index (χ4v) is 2.33. The number of hydrogen-bond acceptors (Lipinski definition) is 2. The summed E-state index contributed by atoms with van der Waals surface area (Å²) in [6.07, 6.45) is 2.89. The Bertz CT molecular complexity index is 472. The lowest BCUT2D eigenvalue weighted by atomic mass is 9.80. The van der Waals surface area contributed by atoms with Crippen molar-refractivity contribution in [1.29, 1.82) is 0 Å². The van der Waals surface area contributed by atoms with Crippen molar-refractivity contribution in [3.05, 3.63) is 35.4 Å². The minimum absolute atomic E-state index is 0. The second-order valence-electron chi connectivity index (χ2n) is 5.62. The number of benzene rings is 1. The molecule has 1 fully saturated rings. The van der Waals surface area contributed by atoms with Crippen LogP contribution in [0.15, 0.2) is 29.3 Å². The number of rotatable bonds is 5. The summed E-state index contributed by atoms with van der Waals surface area (Å²) < 4.78 is 0. The third-order valence-electron chi connectivity index (χ3n) is 3.72. The van der Waals surface area contributed by atoms with Crippen LogP contribution in [0.2, 0.25) is 0 Å². The predicted octanol–water partition coefficient (Wildman–Crippen LogP) is 2.58. The molecule has 1 aromatic carbocycles.